The Morgan fingerprint density at radius 1 is 1.33 bits per heavy atom. The summed E-state index contributed by atoms with van der Waals surface area (Å²) in [6.07, 6.45) is 1.10. The average Bonchev–Trinajstić information content (AvgIpc) is 2.38. The monoisotopic (exact) mass is 186 g/mol. The molecule has 4 heteroatoms. The van der Waals surface area contributed by atoms with Gasteiger partial charge >= 0.3 is 0 Å². The molecule has 0 aromatic carbocycles. The minimum Gasteiger partial charge on any atom is -0.485 e. The molecule has 0 radical (unpaired) electrons. The highest BCUT2D eigenvalue weighted by molar-refractivity contribution is 8.02. The van der Waals surface area contributed by atoms with Gasteiger partial charge in [0.05, 0.1) is 12.3 Å². The van der Waals surface area contributed by atoms with Gasteiger partial charge < -0.3 is 15.4 Å². The van der Waals surface area contributed by atoms with Crippen molar-refractivity contribution in [2.24, 2.45) is 0 Å². The summed E-state index contributed by atoms with van der Waals surface area (Å²) in [4.78, 5) is 0. The maximum absolute atomic E-state index is 5.63. The summed E-state index contributed by atoms with van der Waals surface area (Å²) in [5.41, 5.74) is 1.25. The standard InChI is InChI=1S/C8H14N2OS/c1-2-10-7-6-9-3-5-12-8(7)11-4-1/h9-10H,1-6H2. The molecule has 0 bridgehead atoms. The fraction of sp³-hybridized carbons (Fsp3) is 0.750. The molecule has 0 aromatic rings. The van der Waals surface area contributed by atoms with Crippen molar-refractivity contribution < 1.29 is 4.74 Å². The Morgan fingerprint density at radius 2 is 2.33 bits per heavy atom. The van der Waals surface area contributed by atoms with Crippen molar-refractivity contribution in [3.63, 3.8) is 0 Å². The molecule has 2 rings (SSSR count). The lowest BCUT2D eigenvalue weighted by molar-refractivity contribution is 0.240. The summed E-state index contributed by atoms with van der Waals surface area (Å²) < 4.78 is 5.63. The smallest absolute Gasteiger partial charge is 0.173 e. The summed E-state index contributed by atoms with van der Waals surface area (Å²) in [7, 11) is 0. The van der Waals surface area contributed by atoms with Crippen LogP contribution in [-0.4, -0.2) is 32.0 Å². The first-order valence-corrected chi connectivity index (χ1v) is 5.39. The van der Waals surface area contributed by atoms with E-state index in [4.69, 9.17) is 4.74 Å². The third-order valence-electron chi connectivity index (χ3n) is 1.95. The van der Waals surface area contributed by atoms with Crippen molar-refractivity contribution in [2.45, 2.75) is 6.42 Å². The largest absolute Gasteiger partial charge is 0.485 e. The highest BCUT2D eigenvalue weighted by Gasteiger charge is 2.14. The second-order valence-electron chi connectivity index (χ2n) is 2.92. The average molecular weight is 186 g/mol. The molecule has 0 amide bonds. The third kappa shape index (κ3) is 1.87. The Bertz CT molecular complexity index is 157. The van der Waals surface area contributed by atoms with Crippen LogP contribution in [0.15, 0.2) is 10.8 Å². The van der Waals surface area contributed by atoms with E-state index in [1.807, 2.05) is 11.8 Å². The molecule has 3 nitrogen and oxygen atoms in total. The fourth-order valence-electron chi connectivity index (χ4n) is 1.33. The van der Waals surface area contributed by atoms with E-state index in [9.17, 15) is 0 Å². The lowest BCUT2D eigenvalue weighted by Gasteiger charge is -2.08. The Morgan fingerprint density at radius 3 is 3.33 bits per heavy atom. The molecule has 2 aliphatic rings. The van der Waals surface area contributed by atoms with Crippen LogP contribution >= 0.6 is 11.8 Å². The van der Waals surface area contributed by atoms with Gasteiger partial charge in [0.15, 0.2) is 5.09 Å². The van der Waals surface area contributed by atoms with E-state index in [1.165, 1.54) is 5.70 Å². The molecule has 2 aliphatic heterocycles. The maximum atomic E-state index is 5.63. The van der Waals surface area contributed by atoms with Crippen molar-refractivity contribution in [3.8, 4) is 0 Å². The van der Waals surface area contributed by atoms with Crippen LogP contribution in [0.1, 0.15) is 6.42 Å². The Kier molecular flexibility index (Phi) is 2.79. The van der Waals surface area contributed by atoms with Gasteiger partial charge in [-0.15, -0.1) is 0 Å². The molecule has 68 valence electrons. The van der Waals surface area contributed by atoms with Gasteiger partial charge in [0.2, 0.25) is 0 Å². The topological polar surface area (TPSA) is 33.3 Å². The predicted molar refractivity (Wildman–Crippen MR) is 50.9 cm³/mol. The van der Waals surface area contributed by atoms with Crippen molar-refractivity contribution in [1.82, 2.24) is 10.6 Å². The fourth-order valence-corrected chi connectivity index (χ4v) is 2.25. The lowest BCUT2D eigenvalue weighted by Crippen LogP contribution is -2.25. The summed E-state index contributed by atoms with van der Waals surface area (Å²) in [5.74, 6) is 1.11. The predicted octanol–water partition coefficient (Wildman–Crippen LogP) is 0.502. The van der Waals surface area contributed by atoms with Gasteiger partial charge in [-0.3, -0.25) is 0 Å². The minimum atomic E-state index is 0.860. The molecule has 0 saturated heterocycles. The van der Waals surface area contributed by atoms with Crippen LogP contribution in [-0.2, 0) is 4.74 Å². The van der Waals surface area contributed by atoms with E-state index >= 15 is 0 Å². The Labute approximate surface area is 76.9 Å². The molecular weight excluding hydrogens is 172 g/mol. The number of rotatable bonds is 0. The number of hydrogen-bond acceptors (Lipinski definition) is 4. The van der Waals surface area contributed by atoms with Gasteiger partial charge in [-0.05, 0) is 6.42 Å². The van der Waals surface area contributed by atoms with Crippen LogP contribution in [0.2, 0.25) is 0 Å². The lowest BCUT2D eigenvalue weighted by atomic mass is 10.4. The van der Waals surface area contributed by atoms with E-state index in [0.717, 1.165) is 43.5 Å². The molecule has 0 atom stereocenters. The first-order valence-electron chi connectivity index (χ1n) is 4.40. The second-order valence-corrected chi connectivity index (χ2v) is 3.99. The molecule has 0 spiro atoms. The molecule has 0 aliphatic carbocycles. The highest BCUT2D eigenvalue weighted by atomic mass is 32.2. The summed E-state index contributed by atoms with van der Waals surface area (Å²) in [6, 6.07) is 0. The molecule has 0 saturated carbocycles. The van der Waals surface area contributed by atoms with Crippen LogP contribution in [0, 0.1) is 0 Å². The van der Waals surface area contributed by atoms with E-state index in [-0.39, 0.29) is 0 Å². The number of hydrogen-bond donors (Lipinski definition) is 2. The zero-order chi connectivity index (χ0) is 8.23. The maximum Gasteiger partial charge on any atom is 0.173 e. The first-order chi connectivity index (χ1) is 5.97. The summed E-state index contributed by atoms with van der Waals surface area (Å²) in [6.45, 7) is 3.91. The van der Waals surface area contributed by atoms with Gasteiger partial charge in [0.1, 0.15) is 0 Å². The Hall–Kier alpha value is -0.350. The quantitative estimate of drug-likeness (QED) is 0.577. The van der Waals surface area contributed by atoms with Gasteiger partial charge in [0, 0.05) is 25.4 Å². The van der Waals surface area contributed by atoms with Crippen molar-refractivity contribution >= 4 is 11.8 Å². The van der Waals surface area contributed by atoms with Crippen molar-refractivity contribution in [2.75, 3.05) is 32.0 Å². The number of ether oxygens (including phenoxy) is 1. The zero-order valence-electron chi connectivity index (χ0n) is 7.06. The Balaban J connectivity index is 2.08. The number of nitrogens with one attached hydrogen (secondary N) is 2. The van der Waals surface area contributed by atoms with Crippen molar-refractivity contribution in [1.29, 1.82) is 0 Å². The second kappa shape index (κ2) is 4.05. The van der Waals surface area contributed by atoms with Crippen LogP contribution in [0.3, 0.4) is 0 Å². The third-order valence-corrected chi connectivity index (χ3v) is 2.99. The molecule has 2 heterocycles. The van der Waals surface area contributed by atoms with Gasteiger partial charge in [-0.2, -0.15) is 0 Å². The van der Waals surface area contributed by atoms with Crippen LogP contribution in [0.25, 0.3) is 0 Å². The first kappa shape index (κ1) is 8.26. The van der Waals surface area contributed by atoms with Crippen LogP contribution in [0.5, 0.6) is 0 Å². The van der Waals surface area contributed by atoms with Crippen LogP contribution < -0.4 is 10.6 Å². The normalized spacial score (nSPS) is 24.7. The number of thioether (sulfide) groups is 1. The van der Waals surface area contributed by atoms with Crippen LogP contribution in [0.4, 0.5) is 0 Å². The van der Waals surface area contributed by atoms with Gasteiger partial charge in [0.25, 0.3) is 0 Å². The molecule has 0 fully saturated rings. The van der Waals surface area contributed by atoms with E-state index in [1.54, 1.807) is 0 Å². The molecule has 0 aromatic heterocycles. The molecular formula is C8H14N2OS. The summed E-state index contributed by atoms with van der Waals surface area (Å²) >= 11 is 1.81. The van der Waals surface area contributed by atoms with E-state index in [2.05, 4.69) is 10.6 Å². The van der Waals surface area contributed by atoms with Gasteiger partial charge in [-0.1, -0.05) is 11.8 Å². The molecule has 2 N–H and O–H groups in total. The van der Waals surface area contributed by atoms with Gasteiger partial charge in [-0.25, -0.2) is 0 Å². The molecule has 12 heavy (non-hydrogen) atoms. The molecule has 0 unspecified atom stereocenters. The van der Waals surface area contributed by atoms with E-state index in [0.29, 0.717) is 0 Å². The van der Waals surface area contributed by atoms with Crippen molar-refractivity contribution in [3.05, 3.63) is 10.8 Å². The summed E-state index contributed by atoms with van der Waals surface area (Å²) in [5, 5.41) is 7.86. The minimum absolute atomic E-state index is 0.860. The highest BCUT2D eigenvalue weighted by Crippen LogP contribution is 2.22. The van der Waals surface area contributed by atoms with E-state index < -0.39 is 0 Å². The SMILES string of the molecule is C1CNC2=C(OC1)SCCNC2. The zero-order valence-corrected chi connectivity index (χ0v) is 7.88.